The zero-order valence-corrected chi connectivity index (χ0v) is 17.6. The molecular weight excluding hydrogens is 384 g/mol. The molecule has 0 saturated heterocycles. The lowest BCUT2D eigenvalue weighted by Gasteiger charge is -2.25. The minimum Gasteiger partial charge on any atom is -0.348 e. The number of aryl methyl sites for hydroxylation is 2. The van der Waals surface area contributed by atoms with Crippen molar-refractivity contribution >= 4 is 33.2 Å². The van der Waals surface area contributed by atoms with E-state index < -0.39 is 10.0 Å². The summed E-state index contributed by atoms with van der Waals surface area (Å²) in [6.07, 6.45) is 1.75. The van der Waals surface area contributed by atoms with E-state index in [1.54, 1.807) is 24.3 Å². The van der Waals surface area contributed by atoms with Crippen molar-refractivity contribution in [2.45, 2.75) is 33.2 Å². The maximum absolute atomic E-state index is 12.6. The molecule has 2 rings (SSSR count). The standard InChI is InChI=1S/C20H25ClN2O3S/c1-5-18(16-11-10-14(2)15(3)12-16)22-20(24)13-23(27(4,25)26)19-9-7-6-8-17(19)21/h6-12,18H,5,13H2,1-4H3,(H,22,24). The molecule has 0 fully saturated rings. The topological polar surface area (TPSA) is 66.5 Å². The molecule has 2 aromatic rings. The first kappa shape index (κ1) is 21.3. The molecule has 7 heteroatoms. The molecule has 0 saturated carbocycles. The van der Waals surface area contributed by atoms with Crippen molar-refractivity contribution in [1.82, 2.24) is 5.32 Å². The molecule has 0 aliphatic rings. The van der Waals surface area contributed by atoms with Crippen molar-refractivity contribution in [3.8, 4) is 0 Å². The smallest absolute Gasteiger partial charge is 0.241 e. The van der Waals surface area contributed by atoms with E-state index in [0.29, 0.717) is 6.42 Å². The van der Waals surface area contributed by atoms with Gasteiger partial charge in [-0.3, -0.25) is 9.10 Å². The number of nitrogens with one attached hydrogen (secondary N) is 1. The lowest BCUT2D eigenvalue weighted by Crippen LogP contribution is -2.41. The summed E-state index contributed by atoms with van der Waals surface area (Å²) in [5.74, 6) is -0.384. The molecule has 2 aromatic carbocycles. The summed E-state index contributed by atoms with van der Waals surface area (Å²) in [4.78, 5) is 12.6. The molecule has 1 N–H and O–H groups in total. The Morgan fingerprint density at radius 1 is 1.15 bits per heavy atom. The van der Waals surface area contributed by atoms with E-state index >= 15 is 0 Å². The number of carbonyl (C=O) groups is 1. The van der Waals surface area contributed by atoms with Crippen LogP contribution in [0.1, 0.15) is 36.1 Å². The van der Waals surface area contributed by atoms with Crippen LogP contribution in [0.15, 0.2) is 42.5 Å². The second-order valence-electron chi connectivity index (χ2n) is 6.59. The summed E-state index contributed by atoms with van der Waals surface area (Å²) >= 11 is 6.13. The van der Waals surface area contributed by atoms with E-state index in [1.165, 1.54) is 5.56 Å². The number of rotatable bonds is 7. The molecule has 0 aliphatic heterocycles. The summed E-state index contributed by atoms with van der Waals surface area (Å²) in [5, 5.41) is 3.21. The molecule has 0 aliphatic carbocycles. The third kappa shape index (κ3) is 5.47. The largest absolute Gasteiger partial charge is 0.348 e. The van der Waals surface area contributed by atoms with Gasteiger partial charge in [0.05, 0.1) is 23.0 Å². The highest BCUT2D eigenvalue weighted by Crippen LogP contribution is 2.27. The third-order valence-electron chi connectivity index (χ3n) is 4.49. The monoisotopic (exact) mass is 408 g/mol. The van der Waals surface area contributed by atoms with E-state index in [9.17, 15) is 13.2 Å². The Morgan fingerprint density at radius 3 is 2.37 bits per heavy atom. The van der Waals surface area contributed by atoms with E-state index in [2.05, 4.69) is 5.32 Å². The summed E-state index contributed by atoms with van der Waals surface area (Å²) in [5.41, 5.74) is 3.62. The predicted octanol–water partition coefficient (Wildman–Crippen LogP) is 3.99. The van der Waals surface area contributed by atoms with Crippen LogP contribution in [0.25, 0.3) is 0 Å². The molecule has 0 bridgehead atoms. The molecule has 0 radical (unpaired) electrons. The van der Waals surface area contributed by atoms with Crippen LogP contribution in [0.3, 0.4) is 0 Å². The van der Waals surface area contributed by atoms with E-state index in [1.807, 2.05) is 39.0 Å². The third-order valence-corrected chi connectivity index (χ3v) is 5.93. The summed E-state index contributed by atoms with van der Waals surface area (Å²) in [6.45, 7) is 5.70. The fourth-order valence-electron chi connectivity index (χ4n) is 2.81. The molecule has 1 atom stereocenters. The first-order chi connectivity index (χ1) is 12.6. The van der Waals surface area contributed by atoms with Crippen LogP contribution >= 0.6 is 11.6 Å². The van der Waals surface area contributed by atoms with E-state index in [4.69, 9.17) is 11.6 Å². The quantitative estimate of drug-likeness (QED) is 0.753. The Kier molecular flexibility index (Phi) is 6.89. The van der Waals surface area contributed by atoms with Crippen molar-refractivity contribution in [2.24, 2.45) is 0 Å². The number of hydrogen-bond donors (Lipinski definition) is 1. The summed E-state index contributed by atoms with van der Waals surface area (Å²) in [6, 6.07) is 12.4. The molecule has 0 heterocycles. The second-order valence-corrected chi connectivity index (χ2v) is 8.91. The van der Waals surface area contributed by atoms with Crippen molar-refractivity contribution in [1.29, 1.82) is 0 Å². The zero-order valence-electron chi connectivity index (χ0n) is 16.0. The molecule has 27 heavy (non-hydrogen) atoms. The van der Waals surface area contributed by atoms with Crippen molar-refractivity contribution < 1.29 is 13.2 Å². The molecule has 1 unspecified atom stereocenters. The van der Waals surface area contributed by atoms with Crippen molar-refractivity contribution in [2.75, 3.05) is 17.1 Å². The lowest BCUT2D eigenvalue weighted by atomic mass is 9.99. The number of benzene rings is 2. The van der Waals surface area contributed by atoms with Gasteiger partial charge < -0.3 is 5.32 Å². The van der Waals surface area contributed by atoms with Crippen LogP contribution < -0.4 is 9.62 Å². The average molecular weight is 409 g/mol. The van der Waals surface area contributed by atoms with Gasteiger partial charge in [0.2, 0.25) is 15.9 Å². The second kappa shape index (κ2) is 8.76. The molecule has 146 valence electrons. The van der Waals surface area contributed by atoms with Crippen LogP contribution in [0.2, 0.25) is 5.02 Å². The van der Waals surface area contributed by atoms with Gasteiger partial charge in [-0.25, -0.2) is 8.42 Å². The predicted molar refractivity (Wildman–Crippen MR) is 111 cm³/mol. The number of sulfonamides is 1. The minimum absolute atomic E-state index is 0.190. The number of amides is 1. The van der Waals surface area contributed by atoms with E-state index in [0.717, 1.165) is 21.7 Å². The van der Waals surface area contributed by atoms with Crippen LogP contribution in [-0.2, 0) is 14.8 Å². The van der Waals surface area contributed by atoms with Gasteiger partial charge >= 0.3 is 0 Å². The summed E-state index contributed by atoms with van der Waals surface area (Å²) in [7, 11) is -3.67. The highest BCUT2D eigenvalue weighted by Gasteiger charge is 2.24. The number of anilines is 1. The van der Waals surface area contributed by atoms with Gasteiger partial charge in [0, 0.05) is 0 Å². The minimum atomic E-state index is -3.67. The molecule has 1 amide bonds. The average Bonchev–Trinajstić information content (AvgIpc) is 2.60. The van der Waals surface area contributed by atoms with Crippen LogP contribution in [0.4, 0.5) is 5.69 Å². The summed E-state index contributed by atoms with van der Waals surface area (Å²) < 4.78 is 25.5. The Balaban J connectivity index is 2.22. The number of carbonyl (C=O) groups excluding carboxylic acids is 1. The molecule has 5 nitrogen and oxygen atoms in total. The van der Waals surface area contributed by atoms with Crippen LogP contribution in [0.5, 0.6) is 0 Å². The first-order valence-electron chi connectivity index (χ1n) is 8.72. The normalized spacial score (nSPS) is 12.5. The van der Waals surface area contributed by atoms with E-state index in [-0.39, 0.29) is 29.2 Å². The maximum atomic E-state index is 12.6. The Bertz CT molecular complexity index is 929. The van der Waals surface area contributed by atoms with Crippen LogP contribution in [0, 0.1) is 13.8 Å². The number of para-hydroxylation sites is 1. The van der Waals surface area contributed by atoms with Crippen molar-refractivity contribution in [3.63, 3.8) is 0 Å². The van der Waals surface area contributed by atoms with Gasteiger partial charge in [-0.05, 0) is 49.1 Å². The SMILES string of the molecule is CCC(NC(=O)CN(c1ccccc1Cl)S(C)(=O)=O)c1ccc(C)c(C)c1. The highest BCUT2D eigenvalue weighted by molar-refractivity contribution is 7.92. The molecule has 0 aromatic heterocycles. The van der Waals surface area contributed by atoms with Gasteiger partial charge in [0.25, 0.3) is 0 Å². The number of nitrogens with zero attached hydrogens (tertiary/aromatic N) is 1. The van der Waals surface area contributed by atoms with Gasteiger partial charge in [0.15, 0.2) is 0 Å². The molecular formula is C20H25ClN2O3S. The van der Waals surface area contributed by atoms with Gasteiger partial charge in [-0.2, -0.15) is 0 Å². The van der Waals surface area contributed by atoms with Crippen molar-refractivity contribution in [3.05, 3.63) is 64.2 Å². The number of hydrogen-bond acceptors (Lipinski definition) is 3. The molecule has 0 spiro atoms. The van der Waals surface area contributed by atoms with Gasteiger partial charge in [-0.15, -0.1) is 0 Å². The first-order valence-corrected chi connectivity index (χ1v) is 10.9. The fourth-order valence-corrected chi connectivity index (χ4v) is 3.96. The Morgan fingerprint density at radius 2 is 1.81 bits per heavy atom. The number of halogens is 1. The Hall–Kier alpha value is -2.05. The Labute approximate surface area is 166 Å². The zero-order chi connectivity index (χ0) is 20.2. The highest BCUT2D eigenvalue weighted by atomic mass is 35.5. The lowest BCUT2D eigenvalue weighted by molar-refractivity contribution is -0.120. The van der Waals surface area contributed by atoms with Crippen LogP contribution in [-0.4, -0.2) is 27.1 Å². The van der Waals surface area contributed by atoms with Gasteiger partial charge in [-0.1, -0.05) is 48.9 Å². The maximum Gasteiger partial charge on any atom is 0.241 e. The van der Waals surface area contributed by atoms with Gasteiger partial charge in [0.1, 0.15) is 6.54 Å². The fraction of sp³-hybridized carbons (Fsp3) is 0.350.